The molecule has 2 amide bonds. The van der Waals surface area contributed by atoms with Crippen LogP contribution in [0.1, 0.15) is 67.2 Å². The average molecular weight is 524 g/mol. The highest BCUT2D eigenvalue weighted by Gasteiger charge is 2.12. The number of rotatable bonds is 22. The number of amides is 2. The minimum Gasteiger partial charge on any atom is -0.444 e. The Labute approximate surface area is 218 Å². The monoisotopic (exact) mass is 523 g/mol. The Kier molecular flexibility index (Phi) is 31.7. The number of hydrogen-bond donors (Lipinski definition) is 3. The zero-order chi connectivity index (χ0) is 26.7. The summed E-state index contributed by atoms with van der Waals surface area (Å²) < 4.78 is 26.2. The van der Waals surface area contributed by atoms with Crippen molar-refractivity contribution in [1.29, 1.82) is 0 Å². The van der Waals surface area contributed by atoms with Crippen LogP contribution < -0.4 is 16.4 Å². The average Bonchev–Trinajstić information content (AvgIpc) is 2.79. The molecule has 0 unspecified atom stereocenters. The fourth-order valence-corrected chi connectivity index (χ4v) is 2.49. The molecule has 1 atom stereocenters. The molecule has 0 bridgehead atoms. The summed E-state index contributed by atoms with van der Waals surface area (Å²) in [6.45, 7) is 12.1. The number of unbranched alkanes of at least 4 members (excludes halogenated alkanes) is 1. The minimum absolute atomic E-state index is 0. The zero-order valence-electron chi connectivity index (χ0n) is 22.3. The van der Waals surface area contributed by atoms with Crippen LogP contribution in [-0.2, 0) is 38.1 Å². The quantitative estimate of drug-likeness (QED) is 0.110. The van der Waals surface area contributed by atoms with Crippen molar-refractivity contribution in [3.8, 4) is 0 Å². The first-order chi connectivity index (χ1) is 16.8. The van der Waals surface area contributed by atoms with E-state index >= 15 is 0 Å². The highest BCUT2D eigenvalue weighted by molar-refractivity contribution is 5.76. The number of nitrogens with one attached hydrogen (secondary N) is 2. The first kappa shape index (κ1) is 38.7. The predicted molar refractivity (Wildman–Crippen MR) is 140 cm³/mol. The lowest BCUT2D eigenvalue weighted by Gasteiger charge is -2.16. The van der Waals surface area contributed by atoms with Crippen LogP contribution in [-0.4, -0.2) is 90.5 Å². The van der Waals surface area contributed by atoms with Gasteiger partial charge in [-0.15, -0.1) is 0 Å². The maximum Gasteiger partial charge on any atom is 0.295 e. The molecule has 0 aliphatic carbocycles. The van der Waals surface area contributed by atoms with E-state index in [-0.39, 0.29) is 38.4 Å². The van der Waals surface area contributed by atoms with Gasteiger partial charge in [0.1, 0.15) is 0 Å². The minimum atomic E-state index is -0.615. The molecule has 0 spiro atoms. The Hall–Kier alpha value is -1.79. The summed E-state index contributed by atoms with van der Waals surface area (Å²) in [6.07, 6.45) is 2.55. The molecule has 11 nitrogen and oxygen atoms in total. The van der Waals surface area contributed by atoms with Crippen molar-refractivity contribution in [2.75, 3.05) is 59.8 Å². The van der Waals surface area contributed by atoms with Crippen LogP contribution in [0.3, 0.4) is 0 Å². The van der Waals surface area contributed by atoms with Gasteiger partial charge in [0.15, 0.2) is 6.23 Å². The molecule has 0 aromatic heterocycles. The molecule has 0 aliphatic heterocycles. The third-order valence-corrected chi connectivity index (χ3v) is 4.23. The van der Waals surface area contributed by atoms with E-state index in [0.717, 1.165) is 12.8 Å². The molecule has 0 aliphatic rings. The lowest BCUT2D eigenvalue weighted by molar-refractivity contribution is -0.139. The molecular weight excluding hydrogens is 470 g/mol. The third-order valence-electron chi connectivity index (χ3n) is 4.23. The van der Waals surface area contributed by atoms with E-state index in [1.165, 1.54) is 0 Å². The van der Waals surface area contributed by atoms with Crippen LogP contribution in [0.5, 0.6) is 0 Å². The summed E-state index contributed by atoms with van der Waals surface area (Å²) >= 11 is 0. The van der Waals surface area contributed by atoms with Gasteiger partial charge in [0.2, 0.25) is 11.8 Å². The summed E-state index contributed by atoms with van der Waals surface area (Å²) in [4.78, 5) is 32.8. The van der Waals surface area contributed by atoms with E-state index in [4.69, 9.17) is 29.4 Å². The van der Waals surface area contributed by atoms with Crippen molar-refractivity contribution in [2.45, 2.75) is 79.6 Å². The van der Waals surface area contributed by atoms with Crippen molar-refractivity contribution in [2.24, 2.45) is 11.7 Å². The Morgan fingerprint density at radius 1 is 0.861 bits per heavy atom. The second-order valence-corrected chi connectivity index (χ2v) is 8.35. The highest BCUT2D eigenvalue weighted by Crippen LogP contribution is 2.01. The van der Waals surface area contributed by atoms with Crippen molar-refractivity contribution in [3.05, 3.63) is 0 Å². The molecule has 0 radical (unpaired) electrons. The fraction of sp³-hybridized carbons (Fsp3) is 0.880. The van der Waals surface area contributed by atoms with Gasteiger partial charge in [-0.05, 0) is 39.2 Å². The summed E-state index contributed by atoms with van der Waals surface area (Å²) in [5.74, 6) is 0.363. The van der Waals surface area contributed by atoms with Crippen molar-refractivity contribution >= 4 is 18.3 Å². The molecule has 0 saturated heterocycles. The van der Waals surface area contributed by atoms with Crippen molar-refractivity contribution in [1.82, 2.24) is 10.6 Å². The molecule has 0 rings (SSSR count). The van der Waals surface area contributed by atoms with Gasteiger partial charge in [-0.2, -0.15) is 0 Å². The molecule has 216 valence electrons. The summed E-state index contributed by atoms with van der Waals surface area (Å²) in [6, 6.07) is 0. The Bertz CT molecular complexity index is 508. The van der Waals surface area contributed by atoms with Crippen LogP contribution in [0, 0.1) is 5.92 Å². The summed E-state index contributed by atoms with van der Waals surface area (Å²) in [5, 5.41) is 5.21. The van der Waals surface area contributed by atoms with Gasteiger partial charge < -0.3 is 40.1 Å². The van der Waals surface area contributed by atoms with Crippen LogP contribution in [0.25, 0.3) is 0 Å². The second kappa shape index (κ2) is 29.4. The largest absolute Gasteiger partial charge is 0.444 e. The number of nitrogens with two attached hydrogens (primary N) is 1. The van der Waals surface area contributed by atoms with Crippen molar-refractivity contribution < 1.29 is 38.1 Å². The normalized spacial score (nSPS) is 11.2. The standard InChI is InChI=1S/C18H36N2O7.C6H13NO.CH4/c1-16(2)26-14-13-25-12-11-24-10-9-23-8-6-17(22)20-18(27-15-21)5-3-4-7-19;1-5(2)4-6(8)7-3;/h15-16,18H,3-14,19H2,1-2H3,(H,20,22);5H,4H2,1-3H3,(H,7,8);1H4/t18-;;/m1../s1. The molecule has 0 heterocycles. The Balaban J connectivity index is -0.00000104. The number of ether oxygens (including phenoxy) is 5. The van der Waals surface area contributed by atoms with E-state index in [1.807, 2.05) is 27.7 Å². The van der Waals surface area contributed by atoms with Gasteiger partial charge in [-0.1, -0.05) is 21.3 Å². The second-order valence-electron chi connectivity index (χ2n) is 8.35. The number of carbonyl (C=O) groups excluding carboxylic acids is 3. The smallest absolute Gasteiger partial charge is 0.295 e. The van der Waals surface area contributed by atoms with E-state index in [9.17, 15) is 14.4 Å². The topological polar surface area (TPSA) is 147 Å². The van der Waals surface area contributed by atoms with Gasteiger partial charge in [0.25, 0.3) is 6.47 Å². The van der Waals surface area contributed by atoms with Crippen molar-refractivity contribution in [3.63, 3.8) is 0 Å². The maximum absolute atomic E-state index is 11.8. The van der Waals surface area contributed by atoms with Crippen LogP contribution in [0.2, 0.25) is 0 Å². The molecule has 0 saturated carbocycles. The Morgan fingerprint density at radius 3 is 1.86 bits per heavy atom. The van der Waals surface area contributed by atoms with Gasteiger partial charge in [-0.25, -0.2) is 0 Å². The van der Waals surface area contributed by atoms with Crippen LogP contribution >= 0.6 is 0 Å². The SMILES string of the molecule is C.CC(C)OCCOCCOCCOCCC(=O)N[C@@H](CCCCN)OC=O.CNC(=O)CC(C)C. The molecule has 4 N–H and O–H groups in total. The summed E-state index contributed by atoms with van der Waals surface area (Å²) in [7, 11) is 1.66. The lowest BCUT2D eigenvalue weighted by atomic mass is 10.1. The van der Waals surface area contributed by atoms with Gasteiger partial charge in [0.05, 0.1) is 58.8 Å². The molecule has 0 aromatic rings. The van der Waals surface area contributed by atoms with E-state index in [1.54, 1.807) is 7.05 Å². The molecular formula is C25H53N3O8. The van der Waals surface area contributed by atoms with Crippen LogP contribution in [0.4, 0.5) is 0 Å². The first-order valence-corrected chi connectivity index (χ1v) is 12.4. The number of carbonyl (C=O) groups is 3. The van der Waals surface area contributed by atoms with E-state index < -0.39 is 6.23 Å². The highest BCUT2D eigenvalue weighted by atomic mass is 16.6. The predicted octanol–water partition coefficient (Wildman–Crippen LogP) is 2.01. The molecule has 36 heavy (non-hydrogen) atoms. The van der Waals surface area contributed by atoms with E-state index in [0.29, 0.717) is 71.4 Å². The van der Waals surface area contributed by atoms with Gasteiger partial charge in [-0.3, -0.25) is 14.4 Å². The van der Waals surface area contributed by atoms with Crippen LogP contribution in [0.15, 0.2) is 0 Å². The van der Waals surface area contributed by atoms with Gasteiger partial charge >= 0.3 is 0 Å². The maximum atomic E-state index is 11.8. The molecule has 0 aromatic carbocycles. The molecule has 11 heteroatoms. The first-order valence-electron chi connectivity index (χ1n) is 12.4. The summed E-state index contributed by atoms with van der Waals surface area (Å²) in [5.41, 5.74) is 5.42. The lowest BCUT2D eigenvalue weighted by Crippen LogP contribution is -2.37. The fourth-order valence-electron chi connectivity index (χ4n) is 2.49. The van der Waals surface area contributed by atoms with Gasteiger partial charge in [0, 0.05) is 19.9 Å². The zero-order valence-corrected chi connectivity index (χ0v) is 22.3. The Morgan fingerprint density at radius 2 is 1.42 bits per heavy atom. The van der Waals surface area contributed by atoms with E-state index in [2.05, 4.69) is 10.6 Å². The number of hydrogen-bond acceptors (Lipinski definition) is 9. The third kappa shape index (κ3) is 32.2. The molecule has 0 fully saturated rings.